The largest absolute Gasteiger partial charge is 0.481 e. The van der Waals surface area contributed by atoms with Crippen LogP contribution in [0.5, 0.6) is 5.75 Å². The number of aliphatic hydroxyl groups is 1. The average molecular weight is 403 g/mol. The van der Waals surface area contributed by atoms with Gasteiger partial charge < -0.3 is 19.6 Å². The van der Waals surface area contributed by atoms with Gasteiger partial charge in [0.2, 0.25) is 0 Å². The Hall–Kier alpha value is -3.64. The number of carbonyl (C=O) groups excluding carboxylic acids is 1. The van der Waals surface area contributed by atoms with E-state index in [1.807, 2.05) is 30.3 Å². The van der Waals surface area contributed by atoms with Gasteiger partial charge in [0.25, 0.3) is 5.91 Å². The van der Waals surface area contributed by atoms with Crippen LogP contribution in [-0.4, -0.2) is 23.7 Å². The van der Waals surface area contributed by atoms with Gasteiger partial charge in [0.1, 0.15) is 11.3 Å². The van der Waals surface area contributed by atoms with Gasteiger partial charge in [0.05, 0.1) is 11.5 Å². The summed E-state index contributed by atoms with van der Waals surface area (Å²) in [6.07, 6.45) is -1.59. The van der Waals surface area contributed by atoms with E-state index in [1.54, 1.807) is 49.4 Å². The Morgan fingerprint density at radius 2 is 1.70 bits per heavy atom. The summed E-state index contributed by atoms with van der Waals surface area (Å²) in [5, 5.41) is 15.0. The molecule has 4 aromatic rings. The highest BCUT2D eigenvalue weighted by molar-refractivity contribution is 6.04. The lowest BCUT2D eigenvalue weighted by molar-refractivity contribution is -0.127. The van der Waals surface area contributed by atoms with Crippen molar-refractivity contribution < 1.29 is 19.1 Å². The van der Waals surface area contributed by atoms with Crippen molar-refractivity contribution in [3.05, 3.63) is 88.8 Å². The number of aliphatic hydroxyl groups excluding tert-OH is 1. The van der Waals surface area contributed by atoms with E-state index in [2.05, 4.69) is 5.32 Å². The van der Waals surface area contributed by atoms with Gasteiger partial charge in [0.15, 0.2) is 6.10 Å². The fourth-order valence-corrected chi connectivity index (χ4v) is 3.33. The molecule has 0 saturated carbocycles. The second-order valence-electron chi connectivity index (χ2n) is 7.02. The second kappa shape index (κ2) is 8.39. The minimum atomic E-state index is -0.800. The smallest absolute Gasteiger partial charge is 0.344 e. The zero-order valence-electron chi connectivity index (χ0n) is 16.4. The molecule has 152 valence electrons. The molecule has 0 radical (unpaired) electrons. The van der Waals surface area contributed by atoms with Crippen LogP contribution in [0.1, 0.15) is 18.6 Å². The highest BCUT2D eigenvalue weighted by atomic mass is 16.5. The molecule has 0 fully saturated rings. The van der Waals surface area contributed by atoms with Crippen molar-refractivity contribution in [2.24, 2.45) is 0 Å². The molecule has 0 aliphatic rings. The third kappa shape index (κ3) is 4.04. The monoisotopic (exact) mass is 403 g/mol. The normalized spacial score (nSPS) is 13.1. The molecule has 3 aromatic carbocycles. The summed E-state index contributed by atoms with van der Waals surface area (Å²) in [4.78, 5) is 24.6. The van der Waals surface area contributed by atoms with Crippen molar-refractivity contribution in [1.82, 2.24) is 5.32 Å². The van der Waals surface area contributed by atoms with Gasteiger partial charge >= 0.3 is 5.63 Å². The van der Waals surface area contributed by atoms with E-state index < -0.39 is 17.8 Å². The molecule has 1 aromatic heterocycles. The average Bonchev–Trinajstić information content (AvgIpc) is 2.78. The summed E-state index contributed by atoms with van der Waals surface area (Å²) < 4.78 is 11.1. The zero-order valence-corrected chi connectivity index (χ0v) is 16.4. The van der Waals surface area contributed by atoms with Crippen molar-refractivity contribution >= 4 is 27.6 Å². The van der Waals surface area contributed by atoms with Crippen LogP contribution in [0.4, 0.5) is 0 Å². The van der Waals surface area contributed by atoms with E-state index >= 15 is 0 Å². The second-order valence-corrected chi connectivity index (χ2v) is 7.02. The van der Waals surface area contributed by atoms with Crippen LogP contribution in [0.15, 0.2) is 82.0 Å². The number of carbonyl (C=O) groups is 1. The first-order valence-electron chi connectivity index (χ1n) is 9.66. The van der Waals surface area contributed by atoms with Crippen molar-refractivity contribution in [1.29, 1.82) is 0 Å². The van der Waals surface area contributed by atoms with E-state index in [-0.39, 0.29) is 12.5 Å². The lowest BCUT2D eigenvalue weighted by Crippen LogP contribution is -2.38. The van der Waals surface area contributed by atoms with E-state index in [0.717, 1.165) is 16.3 Å². The van der Waals surface area contributed by atoms with Crippen LogP contribution in [0.2, 0.25) is 0 Å². The number of ether oxygens (including phenoxy) is 1. The SMILES string of the molecule is C[C@@H](Oc1ccc2c(c1)oc(=O)c1ccccc12)C(=O)NC[C@H](O)c1ccccc1. The van der Waals surface area contributed by atoms with E-state index in [4.69, 9.17) is 9.15 Å². The van der Waals surface area contributed by atoms with Gasteiger partial charge in [-0.2, -0.15) is 0 Å². The fraction of sp³-hybridized carbons (Fsp3) is 0.167. The Morgan fingerprint density at radius 1 is 1.00 bits per heavy atom. The fourth-order valence-electron chi connectivity index (χ4n) is 3.33. The first kappa shape index (κ1) is 19.7. The van der Waals surface area contributed by atoms with Gasteiger partial charge in [-0.1, -0.05) is 48.5 Å². The molecule has 1 amide bonds. The Balaban J connectivity index is 1.46. The van der Waals surface area contributed by atoms with Gasteiger partial charge in [-0.25, -0.2) is 4.79 Å². The number of nitrogens with one attached hydrogen (secondary N) is 1. The molecule has 2 atom stereocenters. The first-order valence-corrected chi connectivity index (χ1v) is 9.66. The lowest BCUT2D eigenvalue weighted by atomic mass is 10.1. The predicted octanol–water partition coefficient (Wildman–Crippen LogP) is 3.56. The molecule has 0 aliphatic heterocycles. The quantitative estimate of drug-likeness (QED) is 0.380. The minimum absolute atomic E-state index is 0.0785. The zero-order chi connectivity index (χ0) is 21.1. The molecule has 1 heterocycles. The highest BCUT2D eigenvalue weighted by Gasteiger charge is 2.17. The molecule has 0 aliphatic carbocycles. The minimum Gasteiger partial charge on any atom is -0.481 e. The number of fused-ring (bicyclic) bond motifs is 3. The van der Waals surface area contributed by atoms with Crippen molar-refractivity contribution in [2.45, 2.75) is 19.1 Å². The van der Waals surface area contributed by atoms with Crippen LogP contribution < -0.4 is 15.7 Å². The van der Waals surface area contributed by atoms with Gasteiger partial charge in [-0.15, -0.1) is 0 Å². The van der Waals surface area contributed by atoms with Gasteiger partial charge in [-0.05, 0) is 36.1 Å². The number of benzene rings is 3. The van der Waals surface area contributed by atoms with Crippen LogP contribution in [-0.2, 0) is 4.79 Å². The lowest BCUT2D eigenvalue weighted by Gasteiger charge is -2.17. The van der Waals surface area contributed by atoms with E-state index in [0.29, 0.717) is 16.7 Å². The number of amides is 1. The molecular formula is C24H21NO5. The molecule has 6 heteroatoms. The van der Waals surface area contributed by atoms with Crippen molar-refractivity contribution in [3.63, 3.8) is 0 Å². The Kier molecular flexibility index (Phi) is 5.50. The maximum Gasteiger partial charge on any atom is 0.344 e. The number of hydrogen-bond acceptors (Lipinski definition) is 5. The molecule has 30 heavy (non-hydrogen) atoms. The molecule has 2 N–H and O–H groups in total. The molecule has 4 rings (SSSR count). The molecule has 0 unspecified atom stereocenters. The third-order valence-electron chi connectivity index (χ3n) is 4.93. The van der Waals surface area contributed by atoms with Crippen LogP contribution in [0, 0.1) is 0 Å². The first-order chi connectivity index (χ1) is 14.5. The number of rotatable bonds is 6. The maximum absolute atomic E-state index is 12.4. The van der Waals surface area contributed by atoms with Crippen LogP contribution in [0.3, 0.4) is 0 Å². The van der Waals surface area contributed by atoms with Crippen LogP contribution >= 0.6 is 0 Å². The van der Waals surface area contributed by atoms with E-state index in [9.17, 15) is 14.7 Å². The molecular weight excluding hydrogens is 382 g/mol. The van der Waals surface area contributed by atoms with E-state index in [1.165, 1.54) is 0 Å². The molecule has 0 bridgehead atoms. The Morgan fingerprint density at radius 3 is 2.47 bits per heavy atom. The summed E-state index contributed by atoms with van der Waals surface area (Å²) in [5.41, 5.74) is 0.697. The Labute approximate surface area is 172 Å². The van der Waals surface area contributed by atoms with Gasteiger partial charge in [0, 0.05) is 18.0 Å². The molecule has 6 nitrogen and oxygen atoms in total. The van der Waals surface area contributed by atoms with Crippen LogP contribution in [0.25, 0.3) is 21.7 Å². The summed E-state index contributed by atoms with van der Waals surface area (Å²) in [7, 11) is 0. The predicted molar refractivity (Wildman–Crippen MR) is 114 cm³/mol. The number of hydrogen-bond donors (Lipinski definition) is 2. The molecule has 0 saturated heterocycles. The summed E-state index contributed by atoms with van der Waals surface area (Å²) in [5.74, 6) is 0.0530. The Bertz CT molecular complexity index is 1250. The highest BCUT2D eigenvalue weighted by Crippen LogP contribution is 2.26. The molecule has 0 spiro atoms. The van der Waals surface area contributed by atoms with Crippen molar-refractivity contribution in [2.75, 3.05) is 6.54 Å². The van der Waals surface area contributed by atoms with Crippen molar-refractivity contribution in [3.8, 4) is 5.75 Å². The van der Waals surface area contributed by atoms with Gasteiger partial charge in [-0.3, -0.25) is 4.79 Å². The topological polar surface area (TPSA) is 88.8 Å². The standard InChI is InChI=1S/C24H21NO5/c1-15(23(27)25-14-21(26)16-7-3-2-4-8-16)29-17-11-12-19-18-9-5-6-10-20(18)24(28)30-22(19)13-17/h2-13,15,21,26H,14H2,1H3,(H,25,27)/t15-,21+/m1/s1. The maximum atomic E-state index is 12.4. The summed E-state index contributed by atoms with van der Waals surface area (Å²) in [6.45, 7) is 1.69. The summed E-state index contributed by atoms with van der Waals surface area (Å²) >= 11 is 0. The third-order valence-corrected chi connectivity index (χ3v) is 4.93. The summed E-state index contributed by atoms with van der Waals surface area (Å²) in [6, 6.07) is 21.5.